The number of hydrogen-bond acceptors (Lipinski definition) is 4. The average Bonchev–Trinajstić information content (AvgIpc) is 3.20. The summed E-state index contributed by atoms with van der Waals surface area (Å²) in [6.07, 6.45) is 4.09. The van der Waals surface area contributed by atoms with E-state index in [1.165, 1.54) is 12.8 Å². The van der Waals surface area contributed by atoms with Crippen LogP contribution in [0.15, 0.2) is 27.8 Å². The zero-order valence-electron chi connectivity index (χ0n) is 17.9. The van der Waals surface area contributed by atoms with Crippen LogP contribution in [0.25, 0.3) is 0 Å². The topological polar surface area (TPSA) is 56.0 Å². The lowest BCUT2D eigenvalue weighted by Crippen LogP contribution is -2.50. The van der Waals surface area contributed by atoms with E-state index in [4.69, 9.17) is 9.41 Å². The zero-order chi connectivity index (χ0) is 19.6. The van der Waals surface area contributed by atoms with Gasteiger partial charge in [-0.25, -0.2) is 0 Å². The van der Waals surface area contributed by atoms with Crippen molar-refractivity contribution in [3.63, 3.8) is 0 Å². The molecule has 1 aromatic rings. The number of likely N-dealkylation sites (tertiary alicyclic amines) is 1. The van der Waals surface area contributed by atoms with Crippen molar-refractivity contribution >= 4 is 5.96 Å². The minimum atomic E-state index is 0.174. The molecule has 1 aromatic heterocycles. The summed E-state index contributed by atoms with van der Waals surface area (Å²) in [6, 6.07) is 5.32. The summed E-state index contributed by atoms with van der Waals surface area (Å²) >= 11 is 0. The molecule has 2 N–H and O–H groups in total. The zero-order valence-corrected chi connectivity index (χ0v) is 17.9. The van der Waals surface area contributed by atoms with Crippen LogP contribution in [-0.2, 0) is 0 Å². The van der Waals surface area contributed by atoms with Gasteiger partial charge in [-0.2, -0.15) is 0 Å². The molecule has 1 saturated heterocycles. The van der Waals surface area contributed by atoms with Gasteiger partial charge in [0.15, 0.2) is 5.96 Å². The fourth-order valence-electron chi connectivity index (χ4n) is 3.78. The maximum atomic E-state index is 5.70. The van der Waals surface area contributed by atoms with E-state index < -0.39 is 0 Å². The third kappa shape index (κ3) is 6.54. The average molecular weight is 378 g/mol. The monoisotopic (exact) mass is 377 g/mol. The Hall–Kier alpha value is -1.53. The van der Waals surface area contributed by atoms with Crippen LogP contribution in [0.4, 0.5) is 0 Å². The van der Waals surface area contributed by atoms with E-state index >= 15 is 0 Å². The van der Waals surface area contributed by atoms with Crippen LogP contribution in [0.3, 0.4) is 0 Å². The summed E-state index contributed by atoms with van der Waals surface area (Å²) in [7, 11) is 0. The first-order valence-electron chi connectivity index (χ1n) is 10.6. The van der Waals surface area contributed by atoms with Crippen molar-refractivity contribution in [1.82, 2.24) is 20.4 Å². The van der Waals surface area contributed by atoms with Crippen LogP contribution < -0.4 is 10.6 Å². The Kier molecular flexibility index (Phi) is 9.15. The minimum absolute atomic E-state index is 0.174. The van der Waals surface area contributed by atoms with E-state index in [9.17, 15) is 0 Å². The number of nitrogens with one attached hydrogen (secondary N) is 2. The summed E-state index contributed by atoms with van der Waals surface area (Å²) < 4.78 is 5.70. The van der Waals surface area contributed by atoms with Gasteiger partial charge in [0.05, 0.1) is 18.8 Å². The molecule has 1 unspecified atom stereocenters. The van der Waals surface area contributed by atoms with Gasteiger partial charge in [0.1, 0.15) is 5.76 Å². The molecule has 1 aliphatic heterocycles. The first-order chi connectivity index (χ1) is 13.1. The molecule has 2 heterocycles. The molecule has 1 fully saturated rings. The Balaban J connectivity index is 2.00. The molecule has 0 spiro atoms. The lowest BCUT2D eigenvalue weighted by atomic mass is 10.0. The Bertz CT molecular complexity index is 531. The summed E-state index contributed by atoms with van der Waals surface area (Å²) in [6.45, 7) is 16.9. The van der Waals surface area contributed by atoms with Gasteiger partial charge in [0, 0.05) is 31.7 Å². The second-order valence-corrected chi connectivity index (χ2v) is 7.52. The molecule has 0 aliphatic carbocycles. The van der Waals surface area contributed by atoms with E-state index in [0.717, 1.165) is 44.4 Å². The lowest BCUT2D eigenvalue weighted by molar-refractivity contribution is 0.167. The molecule has 2 rings (SSSR count). The third-order valence-electron chi connectivity index (χ3n) is 5.49. The highest BCUT2D eigenvalue weighted by Crippen LogP contribution is 2.21. The van der Waals surface area contributed by atoms with Gasteiger partial charge < -0.3 is 20.0 Å². The van der Waals surface area contributed by atoms with Gasteiger partial charge in [-0.15, -0.1) is 0 Å². The SMILES string of the molecule is CCNC(=NCC(c1ccco1)N(CC)CC)NC1CCN(C(C)C)CC1. The molecular formula is C21H39N5O. The second kappa shape index (κ2) is 11.3. The number of furan rings is 1. The van der Waals surface area contributed by atoms with Crippen LogP contribution in [0, 0.1) is 0 Å². The highest BCUT2D eigenvalue weighted by molar-refractivity contribution is 5.80. The molecule has 0 aromatic carbocycles. The molecule has 6 nitrogen and oxygen atoms in total. The van der Waals surface area contributed by atoms with Crippen molar-refractivity contribution in [3.05, 3.63) is 24.2 Å². The molecule has 27 heavy (non-hydrogen) atoms. The van der Waals surface area contributed by atoms with Gasteiger partial charge in [-0.1, -0.05) is 13.8 Å². The fourth-order valence-corrected chi connectivity index (χ4v) is 3.78. The molecule has 154 valence electrons. The normalized spacial score (nSPS) is 18.3. The van der Waals surface area contributed by atoms with Crippen LogP contribution in [0.2, 0.25) is 0 Å². The van der Waals surface area contributed by atoms with E-state index in [-0.39, 0.29) is 6.04 Å². The van der Waals surface area contributed by atoms with Gasteiger partial charge in [-0.05, 0) is 58.8 Å². The molecular weight excluding hydrogens is 338 g/mol. The van der Waals surface area contributed by atoms with Gasteiger partial charge in [-0.3, -0.25) is 9.89 Å². The predicted molar refractivity (Wildman–Crippen MR) is 113 cm³/mol. The van der Waals surface area contributed by atoms with Gasteiger partial charge in [0.2, 0.25) is 0 Å². The number of hydrogen-bond donors (Lipinski definition) is 2. The van der Waals surface area contributed by atoms with Crippen LogP contribution >= 0.6 is 0 Å². The van der Waals surface area contributed by atoms with Crippen LogP contribution in [0.5, 0.6) is 0 Å². The Morgan fingerprint density at radius 1 is 1.26 bits per heavy atom. The van der Waals surface area contributed by atoms with Crippen molar-refractivity contribution in [2.24, 2.45) is 4.99 Å². The highest BCUT2D eigenvalue weighted by atomic mass is 16.3. The molecule has 0 saturated carbocycles. The number of piperidine rings is 1. The van der Waals surface area contributed by atoms with Gasteiger partial charge in [0.25, 0.3) is 0 Å². The first kappa shape index (κ1) is 21.8. The quantitative estimate of drug-likeness (QED) is 0.512. The standard InChI is InChI=1S/C21H39N5O/c1-6-22-21(24-18-11-13-26(14-12-18)17(4)5)23-16-19(25(7-2)8-3)20-10-9-15-27-20/h9-10,15,17-19H,6-8,11-14,16H2,1-5H3,(H2,22,23,24). The summed E-state index contributed by atoms with van der Waals surface area (Å²) in [5.74, 6) is 1.91. The van der Waals surface area contributed by atoms with Crippen LogP contribution in [-0.4, -0.2) is 67.1 Å². The lowest BCUT2D eigenvalue weighted by Gasteiger charge is -2.35. The van der Waals surface area contributed by atoms with E-state index in [2.05, 4.69) is 61.1 Å². The van der Waals surface area contributed by atoms with E-state index in [0.29, 0.717) is 18.6 Å². The highest BCUT2D eigenvalue weighted by Gasteiger charge is 2.23. The molecule has 0 bridgehead atoms. The largest absolute Gasteiger partial charge is 0.468 e. The van der Waals surface area contributed by atoms with Crippen molar-refractivity contribution in [2.75, 3.05) is 39.3 Å². The van der Waals surface area contributed by atoms with Crippen molar-refractivity contribution in [3.8, 4) is 0 Å². The molecule has 0 radical (unpaired) electrons. The van der Waals surface area contributed by atoms with E-state index in [1.807, 2.05) is 6.07 Å². The van der Waals surface area contributed by atoms with Crippen molar-refractivity contribution < 1.29 is 4.42 Å². The summed E-state index contributed by atoms with van der Waals surface area (Å²) in [5.41, 5.74) is 0. The predicted octanol–water partition coefficient (Wildman–Crippen LogP) is 3.09. The first-order valence-corrected chi connectivity index (χ1v) is 10.6. The Labute approximate surface area is 165 Å². The summed E-state index contributed by atoms with van der Waals surface area (Å²) in [4.78, 5) is 9.86. The van der Waals surface area contributed by atoms with E-state index in [1.54, 1.807) is 6.26 Å². The maximum absolute atomic E-state index is 5.70. The Morgan fingerprint density at radius 3 is 2.48 bits per heavy atom. The maximum Gasteiger partial charge on any atom is 0.191 e. The van der Waals surface area contributed by atoms with Crippen LogP contribution in [0.1, 0.15) is 59.3 Å². The Morgan fingerprint density at radius 2 is 1.96 bits per heavy atom. The number of likely N-dealkylation sites (N-methyl/N-ethyl adjacent to an activating group) is 1. The van der Waals surface area contributed by atoms with Crippen molar-refractivity contribution in [1.29, 1.82) is 0 Å². The van der Waals surface area contributed by atoms with Crippen molar-refractivity contribution in [2.45, 2.75) is 65.6 Å². The fraction of sp³-hybridized carbons (Fsp3) is 0.762. The molecule has 0 amide bonds. The molecule has 1 aliphatic rings. The molecule has 1 atom stereocenters. The smallest absolute Gasteiger partial charge is 0.191 e. The summed E-state index contributed by atoms with van der Waals surface area (Å²) in [5, 5.41) is 7.07. The molecule has 6 heteroatoms. The third-order valence-corrected chi connectivity index (χ3v) is 5.49. The van der Waals surface area contributed by atoms with Gasteiger partial charge >= 0.3 is 0 Å². The number of aliphatic imine (C=N–C) groups is 1. The minimum Gasteiger partial charge on any atom is -0.468 e. The number of guanidine groups is 1. The number of nitrogens with zero attached hydrogens (tertiary/aromatic N) is 3. The number of rotatable bonds is 9. The second-order valence-electron chi connectivity index (χ2n) is 7.52.